The fraction of sp³-hybridized carbons (Fsp3) is 0.163. The Morgan fingerprint density at radius 1 is 0.500 bits per heavy atom. The van der Waals surface area contributed by atoms with Crippen LogP contribution in [0.2, 0.25) is 0 Å². The lowest BCUT2D eigenvalue weighted by Crippen LogP contribution is -2.41. The van der Waals surface area contributed by atoms with Crippen LogP contribution in [0.3, 0.4) is 0 Å². The van der Waals surface area contributed by atoms with Gasteiger partial charge in [0.05, 0.1) is 33.7 Å². The Hall–Kier alpha value is -5.10. The average Bonchev–Trinajstić information content (AvgIpc) is 3.70. The van der Waals surface area contributed by atoms with E-state index in [1.807, 2.05) is 12.1 Å². The van der Waals surface area contributed by atoms with Crippen LogP contribution in [0.4, 0.5) is 17.1 Å². The molecule has 5 heteroatoms. The third-order valence-corrected chi connectivity index (χ3v) is 11.3. The molecule has 0 unspecified atom stereocenters. The summed E-state index contributed by atoms with van der Waals surface area (Å²) in [4.78, 5) is 2.40. The van der Waals surface area contributed by atoms with E-state index in [4.69, 9.17) is 13.7 Å². The number of para-hydroxylation sites is 3. The molecule has 1 spiro atoms. The molecule has 3 aliphatic rings. The average molecular weight is 624 g/mol. The number of nitrogens with zero attached hydrogens (tertiary/aromatic N) is 1. The second kappa shape index (κ2) is 9.50. The molecule has 232 valence electrons. The van der Waals surface area contributed by atoms with Gasteiger partial charge in [0, 0.05) is 10.8 Å². The Morgan fingerprint density at radius 2 is 1.00 bits per heavy atom. The highest BCUT2D eigenvalue weighted by molar-refractivity contribution is 6.66. The Balaban J connectivity index is 1.27. The highest BCUT2D eigenvalue weighted by Gasteiger charge is 2.54. The number of furan rings is 1. The first kappa shape index (κ1) is 28.0. The van der Waals surface area contributed by atoms with Gasteiger partial charge in [-0.05, 0) is 90.8 Å². The number of benzene rings is 6. The second-order valence-corrected chi connectivity index (χ2v) is 14.3. The maximum absolute atomic E-state index is 6.85. The second-order valence-electron chi connectivity index (χ2n) is 14.3. The highest BCUT2D eigenvalue weighted by atomic mass is 16.7. The maximum atomic E-state index is 6.85. The molecule has 6 aromatic carbocycles. The lowest BCUT2D eigenvalue weighted by Gasteiger charge is -2.45. The zero-order valence-electron chi connectivity index (χ0n) is 27.5. The van der Waals surface area contributed by atoms with Crippen molar-refractivity contribution in [3.8, 4) is 11.1 Å². The first-order valence-electron chi connectivity index (χ1n) is 16.8. The smallest absolute Gasteiger partial charge is 0.454 e. The molecular formula is C43H34BNO3. The molecule has 0 saturated carbocycles. The van der Waals surface area contributed by atoms with E-state index >= 15 is 0 Å². The van der Waals surface area contributed by atoms with E-state index in [9.17, 15) is 0 Å². The number of hydrogen-bond donors (Lipinski definition) is 0. The minimum atomic E-state index is -0.525. The predicted molar refractivity (Wildman–Crippen MR) is 195 cm³/mol. The summed E-state index contributed by atoms with van der Waals surface area (Å²) in [6.45, 7) is 8.40. The van der Waals surface area contributed by atoms with E-state index < -0.39 is 23.7 Å². The fourth-order valence-electron chi connectivity index (χ4n) is 8.50. The number of rotatable bonds is 2. The molecule has 0 bridgehead atoms. The summed E-state index contributed by atoms with van der Waals surface area (Å²) >= 11 is 0. The Bertz CT molecular complexity index is 2350. The van der Waals surface area contributed by atoms with Gasteiger partial charge in [0.2, 0.25) is 0 Å². The van der Waals surface area contributed by atoms with Crippen molar-refractivity contribution in [3.05, 3.63) is 156 Å². The van der Waals surface area contributed by atoms with E-state index in [0.29, 0.717) is 0 Å². The molecule has 4 nitrogen and oxygen atoms in total. The molecule has 48 heavy (non-hydrogen) atoms. The molecule has 1 saturated heterocycles. The van der Waals surface area contributed by atoms with Crippen LogP contribution in [-0.4, -0.2) is 18.3 Å². The van der Waals surface area contributed by atoms with Crippen LogP contribution in [0.1, 0.15) is 49.9 Å². The summed E-state index contributed by atoms with van der Waals surface area (Å²) in [5.74, 6) is 0. The largest absolute Gasteiger partial charge is 0.495 e. The van der Waals surface area contributed by atoms with Crippen molar-refractivity contribution < 1.29 is 13.7 Å². The zero-order chi connectivity index (χ0) is 32.4. The van der Waals surface area contributed by atoms with Crippen LogP contribution < -0.4 is 10.4 Å². The van der Waals surface area contributed by atoms with Crippen molar-refractivity contribution in [1.82, 2.24) is 0 Å². The van der Waals surface area contributed by atoms with Gasteiger partial charge in [-0.15, -0.1) is 0 Å². The van der Waals surface area contributed by atoms with Gasteiger partial charge in [-0.1, -0.05) is 109 Å². The summed E-state index contributed by atoms with van der Waals surface area (Å²) < 4.78 is 20.1. The van der Waals surface area contributed by atoms with Crippen LogP contribution in [0.15, 0.2) is 138 Å². The molecule has 1 aromatic heterocycles. The third kappa shape index (κ3) is 3.43. The Labute approximate surface area is 280 Å². The monoisotopic (exact) mass is 623 g/mol. The topological polar surface area (TPSA) is 34.8 Å². The van der Waals surface area contributed by atoms with Gasteiger partial charge < -0.3 is 18.6 Å². The SMILES string of the molecule is CC1(C)OB(c2ccc(N3c4ccccc4C4(c5ccccc5-c5ccccc54)c4ccccc43)c3oc4ccccc4c23)OC1(C)C. The molecule has 7 aromatic rings. The van der Waals surface area contributed by atoms with Gasteiger partial charge in [0.15, 0.2) is 5.58 Å². The molecule has 0 atom stereocenters. The van der Waals surface area contributed by atoms with Crippen LogP contribution in [-0.2, 0) is 14.7 Å². The number of fused-ring (bicyclic) bond motifs is 12. The van der Waals surface area contributed by atoms with Gasteiger partial charge in [0.25, 0.3) is 0 Å². The molecule has 0 N–H and O–H groups in total. The van der Waals surface area contributed by atoms with Gasteiger partial charge in [-0.25, -0.2) is 0 Å². The summed E-state index contributed by atoms with van der Waals surface area (Å²) in [5.41, 5.74) is 12.2. The lowest BCUT2D eigenvalue weighted by atomic mass is 9.64. The molecule has 10 rings (SSSR count). The summed E-state index contributed by atoms with van der Waals surface area (Å²) in [6.07, 6.45) is 0. The van der Waals surface area contributed by atoms with Crippen LogP contribution in [0.5, 0.6) is 0 Å². The van der Waals surface area contributed by atoms with Crippen molar-refractivity contribution in [1.29, 1.82) is 0 Å². The first-order chi connectivity index (χ1) is 23.3. The van der Waals surface area contributed by atoms with Crippen molar-refractivity contribution in [2.45, 2.75) is 44.3 Å². The van der Waals surface area contributed by atoms with Crippen LogP contribution >= 0.6 is 0 Å². The van der Waals surface area contributed by atoms with Gasteiger partial charge in [-0.3, -0.25) is 0 Å². The summed E-state index contributed by atoms with van der Waals surface area (Å²) in [7, 11) is -0.525. The Kier molecular flexibility index (Phi) is 5.54. The quantitative estimate of drug-likeness (QED) is 0.180. The predicted octanol–water partition coefficient (Wildman–Crippen LogP) is 10.0. The normalized spacial score (nSPS) is 17.8. The molecule has 1 fully saturated rings. The maximum Gasteiger partial charge on any atom is 0.495 e. The summed E-state index contributed by atoms with van der Waals surface area (Å²) in [5, 5.41) is 2.07. The minimum Gasteiger partial charge on any atom is -0.454 e. The highest BCUT2D eigenvalue weighted by Crippen LogP contribution is 2.63. The molecule has 0 radical (unpaired) electrons. The van der Waals surface area contributed by atoms with Gasteiger partial charge in [-0.2, -0.15) is 0 Å². The van der Waals surface area contributed by atoms with E-state index in [0.717, 1.165) is 44.5 Å². The number of anilines is 3. The van der Waals surface area contributed by atoms with Crippen LogP contribution in [0, 0.1) is 0 Å². The standard InChI is InChI=1S/C43H34BNO3/c1-41(2)42(3,4)48-44(47-41)34-25-26-37(40-39(34)29-17-7-14-24-38(29)46-40)45-35-22-12-10-20-32(35)43(33-21-11-13-23-36(33)45)30-18-8-5-15-27(30)28-16-6-9-19-31(28)43/h5-26H,1-4H3. The van der Waals surface area contributed by atoms with E-state index in [1.54, 1.807) is 0 Å². The van der Waals surface area contributed by atoms with Crippen molar-refractivity contribution in [2.24, 2.45) is 0 Å². The van der Waals surface area contributed by atoms with Crippen molar-refractivity contribution in [3.63, 3.8) is 0 Å². The molecular weight excluding hydrogens is 589 g/mol. The van der Waals surface area contributed by atoms with E-state index in [1.165, 1.54) is 33.4 Å². The minimum absolute atomic E-state index is 0.463. The lowest BCUT2D eigenvalue weighted by molar-refractivity contribution is 0.00578. The van der Waals surface area contributed by atoms with Crippen molar-refractivity contribution >= 4 is 51.6 Å². The van der Waals surface area contributed by atoms with E-state index in [-0.39, 0.29) is 0 Å². The molecule has 1 aliphatic carbocycles. The van der Waals surface area contributed by atoms with Gasteiger partial charge in [0.1, 0.15) is 5.58 Å². The first-order valence-corrected chi connectivity index (χ1v) is 16.8. The van der Waals surface area contributed by atoms with Crippen molar-refractivity contribution in [2.75, 3.05) is 4.90 Å². The fourth-order valence-corrected chi connectivity index (χ4v) is 8.50. The zero-order valence-corrected chi connectivity index (χ0v) is 27.5. The molecule has 0 amide bonds. The Morgan fingerprint density at radius 3 is 1.60 bits per heavy atom. The van der Waals surface area contributed by atoms with E-state index in [2.05, 4.69) is 154 Å². The summed E-state index contributed by atoms with van der Waals surface area (Å²) in [6, 6.07) is 48.3. The molecule has 2 aliphatic heterocycles. The van der Waals surface area contributed by atoms with Crippen LogP contribution in [0.25, 0.3) is 33.1 Å². The third-order valence-electron chi connectivity index (χ3n) is 11.3. The number of hydrogen-bond acceptors (Lipinski definition) is 4. The molecule has 3 heterocycles. The van der Waals surface area contributed by atoms with Gasteiger partial charge >= 0.3 is 7.12 Å².